The summed E-state index contributed by atoms with van der Waals surface area (Å²) in [4.78, 5) is 11.4. The summed E-state index contributed by atoms with van der Waals surface area (Å²) in [6.45, 7) is 5.26. The molecule has 0 bridgehead atoms. The van der Waals surface area contributed by atoms with Gasteiger partial charge in [0.05, 0.1) is 4.90 Å². The molecule has 1 N–H and O–H groups in total. The third-order valence-electron chi connectivity index (χ3n) is 3.96. The van der Waals surface area contributed by atoms with Gasteiger partial charge in [0.1, 0.15) is 0 Å². The van der Waals surface area contributed by atoms with Gasteiger partial charge in [0.25, 0.3) is 0 Å². The largest absolute Gasteiger partial charge is 0.381 e. The average molecular weight is 311 g/mol. The Bertz CT molecular complexity index is 601. The Morgan fingerprint density at radius 2 is 1.81 bits per heavy atom. The number of benzene rings is 1. The van der Waals surface area contributed by atoms with Crippen molar-refractivity contribution in [2.45, 2.75) is 31.6 Å². The van der Waals surface area contributed by atoms with Gasteiger partial charge in [-0.3, -0.25) is 4.79 Å². The van der Waals surface area contributed by atoms with Crippen molar-refractivity contribution in [2.75, 3.05) is 19.8 Å². The first-order valence-corrected chi connectivity index (χ1v) is 8.49. The third-order valence-corrected chi connectivity index (χ3v) is 5.38. The number of ether oxygens (including phenoxy) is 1. The van der Waals surface area contributed by atoms with Crippen LogP contribution >= 0.6 is 0 Å². The van der Waals surface area contributed by atoms with Crippen molar-refractivity contribution in [3.63, 3.8) is 0 Å². The molecular formula is C15H21NO4S. The van der Waals surface area contributed by atoms with E-state index in [1.54, 1.807) is 0 Å². The van der Waals surface area contributed by atoms with Gasteiger partial charge in [-0.05, 0) is 37.3 Å². The number of carbonyl (C=O) groups is 1. The predicted molar refractivity (Wildman–Crippen MR) is 79.8 cm³/mol. The molecule has 1 aliphatic rings. The van der Waals surface area contributed by atoms with E-state index in [1.165, 1.54) is 31.2 Å². The van der Waals surface area contributed by atoms with Gasteiger partial charge in [0.2, 0.25) is 10.0 Å². The molecule has 1 aromatic carbocycles. The highest BCUT2D eigenvalue weighted by Crippen LogP contribution is 2.29. The molecule has 0 spiro atoms. The molecule has 0 amide bonds. The van der Waals surface area contributed by atoms with E-state index in [0.717, 1.165) is 12.8 Å². The highest BCUT2D eigenvalue weighted by atomic mass is 32.2. The fourth-order valence-corrected chi connectivity index (χ4v) is 3.46. The van der Waals surface area contributed by atoms with Crippen molar-refractivity contribution in [2.24, 2.45) is 5.41 Å². The number of sulfonamides is 1. The topological polar surface area (TPSA) is 72.5 Å². The van der Waals surface area contributed by atoms with Crippen LogP contribution in [-0.4, -0.2) is 34.0 Å². The van der Waals surface area contributed by atoms with Crippen LogP contribution in [0.3, 0.4) is 0 Å². The molecule has 1 heterocycles. The van der Waals surface area contributed by atoms with Crippen molar-refractivity contribution in [1.82, 2.24) is 4.72 Å². The van der Waals surface area contributed by atoms with Gasteiger partial charge in [-0.15, -0.1) is 0 Å². The van der Waals surface area contributed by atoms with E-state index in [1.807, 2.05) is 0 Å². The molecular weight excluding hydrogens is 290 g/mol. The summed E-state index contributed by atoms with van der Waals surface area (Å²) in [7, 11) is -3.54. The third kappa shape index (κ3) is 4.12. The van der Waals surface area contributed by atoms with Gasteiger partial charge in [-0.1, -0.05) is 19.1 Å². The zero-order chi connectivity index (χ0) is 15.5. The number of Topliss-reactive ketones (excluding diaryl/α,β-unsaturated/α-hetero) is 1. The van der Waals surface area contributed by atoms with Crippen LogP contribution in [-0.2, 0) is 14.8 Å². The number of hydrogen-bond acceptors (Lipinski definition) is 4. The molecule has 0 aromatic heterocycles. The maximum absolute atomic E-state index is 12.3. The van der Waals surface area contributed by atoms with E-state index < -0.39 is 10.0 Å². The summed E-state index contributed by atoms with van der Waals surface area (Å²) in [5.41, 5.74) is 0.440. The molecule has 0 atom stereocenters. The van der Waals surface area contributed by atoms with Gasteiger partial charge < -0.3 is 4.74 Å². The molecule has 1 aliphatic heterocycles. The monoisotopic (exact) mass is 311 g/mol. The first kappa shape index (κ1) is 16.1. The summed E-state index contributed by atoms with van der Waals surface area (Å²) in [6, 6.07) is 6.00. The zero-order valence-corrected chi connectivity index (χ0v) is 13.2. The highest BCUT2D eigenvalue weighted by Gasteiger charge is 2.29. The molecule has 2 rings (SSSR count). The summed E-state index contributed by atoms with van der Waals surface area (Å²) in [5, 5.41) is 0. The zero-order valence-electron chi connectivity index (χ0n) is 12.4. The second kappa shape index (κ2) is 6.25. The molecule has 0 radical (unpaired) electrons. The van der Waals surface area contributed by atoms with Crippen LogP contribution in [0.5, 0.6) is 0 Å². The number of rotatable bonds is 5. The Kier molecular flexibility index (Phi) is 4.81. The van der Waals surface area contributed by atoms with Crippen LogP contribution in [0, 0.1) is 5.41 Å². The standard InChI is InChI=1S/C15H21NO4S/c1-12(17)13-3-5-14(6-4-13)21(18,19)16-11-15(2)7-9-20-10-8-15/h3-6,16H,7-11H2,1-2H3. The molecule has 1 fully saturated rings. The minimum absolute atomic E-state index is 0.0648. The van der Waals surface area contributed by atoms with Crippen LogP contribution in [0.2, 0.25) is 0 Å². The SMILES string of the molecule is CC(=O)c1ccc(S(=O)(=O)NCC2(C)CCOCC2)cc1. The first-order chi connectivity index (χ1) is 9.82. The predicted octanol–water partition coefficient (Wildman–Crippen LogP) is 1.98. The number of ketones is 1. The first-order valence-electron chi connectivity index (χ1n) is 7.01. The lowest BCUT2D eigenvalue weighted by Crippen LogP contribution is -2.39. The molecule has 1 saturated heterocycles. The second-order valence-corrected chi connectivity index (χ2v) is 7.60. The van der Waals surface area contributed by atoms with E-state index in [0.29, 0.717) is 25.3 Å². The van der Waals surface area contributed by atoms with Crippen LogP contribution < -0.4 is 4.72 Å². The normalized spacial score (nSPS) is 18.4. The van der Waals surface area contributed by atoms with Crippen LogP contribution in [0.25, 0.3) is 0 Å². The van der Waals surface area contributed by atoms with Gasteiger partial charge >= 0.3 is 0 Å². The van der Waals surface area contributed by atoms with E-state index in [9.17, 15) is 13.2 Å². The lowest BCUT2D eigenvalue weighted by atomic mass is 9.83. The van der Waals surface area contributed by atoms with Gasteiger partial charge in [0.15, 0.2) is 5.78 Å². The molecule has 0 saturated carbocycles. The van der Waals surface area contributed by atoms with E-state index in [2.05, 4.69) is 11.6 Å². The van der Waals surface area contributed by atoms with Crippen LogP contribution in [0.15, 0.2) is 29.2 Å². The molecule has 1 aromatic rings. The summed E-state index contributed by atoms with van der Waals surface area (Å²) < 4.78 is 32.5. The summed E-state index contributed by atoms with van der Waals surface area (Å²) in [5.74, 6) is -0.0818. The Balaban J connectivity index is 2.05. The van der Waals surface area contributed by atoms with Crippen molar-refractivity contribution in [3.8, 4) is 0 Å². The fraction of sp³-hybridized carbons (Fsp3) is 0.533. The highest BCUT2D eigenvalue weighted by molar-refractivity contribution is 7.89. The van der Waals surface area contributed by atoms with Crippen LogP contribution in [0.4, 0.5) is 0 Å². The van der Waals surface area contributed by atoms with Crippen molar-refractivity contribution < 1.29 is 17.9 Å². The Morgan fingerprint density at radius 1 is 1.24 bits per heavy atom. The smallest absolute Gasteiger partial charge is 0.240 e. The molecule has 6 heteroatoms. The van der Waals surface area contributed by atoms with Gasteiger partial charge in [-0.2, -0.15) is 0 Å². The number of hydrogen-bond donors (Lipinski definition) is 1. The Hall–Kier alpha value is -1.24. The molecule has 0 unspecified atom stereocenters. The number of nitrogens with one attached hydrogen (secondary N) is 1. The molecule has 116 valence electrons. The molecule has 0 aliphatic carbocycles. The minimum atomic E-state index is -3.54. The maximum Gasteiger partial charge on any atom is 0.240 e. The molecule has 5 nitrogen and oxygen atoms in total. The van der Waals surface area contributed by atoms with E-state index >= 15 is 0 Å². The Labute approximate surface area is 125 Å². The van der Waals surface area contributed by atoms with E-state index in [-0.39, 0.29) is 16.1 Å². The lowest BCUT2D eigenvalue weighted by Gasteiger charge is -2.33. The molecule has 21 heavy (non-hydrogen) atoms. The van der Waals surface area contributed by atoms with Gasteiger partial charge in [-0.25, -0.2) is 13.1 Å². The second-order valence-electron chi connectivity index (χ2n) is 5.83. The maximum atomic E-state index is 12.3. The Morgan fingerprint density at radius 3 is 2.33 bits per heavy atom. The lowest BCUT2D eigenvalue weighted by molar-refractivity contribution is 0.0264. The van der Waals surface area contributed by atoms with E-state index in [4.69, 9.17) is 4.74 Å². The quantitative estimate of drug-likeness (QED) is 0.844. The summed E-state index contributed by atoms with van der Waals surface area (Å²) >= 11 is 0. The fourth-order valence-electron chi connectivity index (χ4n) is 2.26. The average Bonchev–Trinajstić information content (AvgIpc) is 2.46. The van der Waals surface area contributed by atoms with Crippen LogP contribution in [0.1, 0.15) is 37.0 Å². The number of carbonyl (C=O) groups excluding carboxylic acids is 1. The van der Waals surface area contributed by atoms with Crippen molar-refractivity contribution in [3.05, 3.63) is 29.8 Å². The van der Waals surface area contributed by atoms with Crippen molar-refractivity contribution >= 4 is 15.8 Å². The van der Waals surface area contributed by atoms with Gasteiger partial charge in [0, 0.05) is 25.3 Å². The minimum Gasteiger partial charge on any atom is -0.381 e. The van der Waals surface area contributed by atoms with Crippen molar-refractivity contribution in [1.29, 1.82) is 0 Å². The summed E-state index contributed by atoms with van der Waals surface area (Å²) in [6.07, 6.45) is 1.69.